The van der Waals surface area contributed by atoms with Gasteiger partial charge in [0.2, 0.25) is 12.0 Å². The third-order valence-corrected chi connectivity index (χ3v) is 2.65. The number of amides is 1. The quantitative estimate of drug-likeness (QED) is 0.458. The Bertz CT molecular complexity index is 555. The topological polar surface area (TPSA) is 49.7 Å². The summed E-state index contributed by atoms with van der Waals surface area (Å²) in [7, 11) is 0. The number of hydrogen-bond donors (Lipinski definition) is 0. The zero-order chi connectivity index (χ0) is 13.3. The summed E-state index contributed by atoms with van der Waals surface area (Å²) >= 11 is 0. The first kappa shape index (κ1) is 12.3. The van der Waals surface area contributed by atoms with Gasteiger partial charge in [-0.15, -0.1) is 0 Å². The van der Waals surface area contributed by atoms with Crippen molar-refractivity contribution in [3.05, 3.63) is 29.6 Å². The second kappa shape index (κ2) is 4.62. The first-order chi connectivity index (χ1) is 8.54. The predicted octanol–water partition coefficient (Wildman–Crippen LogP) is 1.54. The highest BCUT2D eigenvalue weighted by Crippen LogP contribution is 2.28. The molecule has 1 saturated heterocycles. The summed E-state index contributed by atoms with van der Waals surface area (Å²) in [6.45, 7) is -0.0595. The lowest BCUT2D eigenvalue weighted by atomic mass is 10.2. The summed E-state index contributed by atoms with van der Waals surface area (Å²) in [5.74, 6) is -4.91. The molecule has 4 nitrogen and oxygen atoms in total. The maximum atomic E-state index is 13.5. The molecular formula is C11H7F3N2O2. The number of anilines is 1. The van der Waals surface area contributed by atoms with Crippen LogP contribution in [0, 0.1) is 17.5 Å². The molecule has 0 bridgehead atoms. The third kappa shape index (κ3) is 2.00. The van der Waals surface area contributed by atoms with Gasteiger partial charge in [-0.1, -0.05) is 0 Å². The Hall–Kier alpha value is -2.14. The molecule has 1 fully saturated rings. The van der Waals surface area contributed by atoms with Crippen molar-refractivity contribution in [3.63, 3.8) is 0 Å². The molecule has 0 radical (unpaired) electrons. The molecule has 7 heteroatoms. The molecule has 0 aromatic heterocycles. The van der Waals surface area contributed by atoms with Crippen LogP contribution in [-0.2, 0) is 9.59 Å². The van der Waals surface area contributed by atoms with Gasteiger partial charge in [-0.25, -0.2) is 23.0 Å². The summed E-state index contributed by atoms with van der Waals surface area (Å²) in [4.78, 5) is 25.9. The van der Waals surface area contributed by atoms with Crippen LogP contribution in [0.1, 0.15) is 6.42 Å². The Kier molecular flexibility index (Phi) is 3.16. The number of hydrogen-bond acceptors (Lipinski definition) is 3. The first-order valence-corrected chi connectivity index (χ1v) is 5.05. The highest BCUT2D eigenvalue weighted by atomic mass is 19.2. The van der Waals surface area contributed by atoms with Gasteiger partial charge in [-0.05, 0) is 12.1 Å². The lowest BCUT2D eigenvalue weighted by Crippen LogP contribution is -2.26. The van der Waals surface area contributed by atoms with E-state index >= 15 is 0 Å². The van der Waals surface area contributed by atoms with E-state index in [1.54, 1.807) is 0 Å². The smallest absolute Gasteiger partial charge is 0.235 e. The fraction of sp³-hybridized carbons (Fsp3) is 0.273. The molecule has 1 atom stereocenters. The number of rotatable bonds is 2. The summed E-state index contributed by atoms with van der Waals surface area (Å²) in [5, 5.41) is 0. The van der Waals surface area contributed by atoms with Crippen LogP contribution in [0.5, 0.6) is 0 Å². The van der Waals surface area contributed by atoms with E-state index in [0.717, 1.165) is 17.0 Å². The lowest BCUT2D eigenvalue weighted by Gasteiger charge is -2.16. The van der Waals surface area contributed by atoms with E-state index in [-0.39, 0.29) is 18.7 Å². The minimum absolute atomic E-state index is 0.0595. The van der Waals surface area contributed by atoms with Crippen LogP contribution in [-0.4, -0.2) is 24.6 Å². The van der Waals surface area contributed by atoms with Crippen LogP contribution in [0.25, 0.3) is 0 Å². The number of halogens is 3. The van der Waals surface area contributed by atoms with Gasteiger partial charge >= 0.3 is 0 Å². The summed E-state index contributed by atoms with van der Waals surface area (Å²) in [6.07, 6.45) is 1.22. The van der Waals surface area contributed by atoms with E-state index in [1.807, 2.05) is 0 Å². The number of benzene rings is 1. The van der Waals surface area contributed by atoms with Crippen molar-refractivity contribution >= 4 is 17.7 Å². The highest BCUT2D eigenvalue weighted by Gasteiger charge is 2.33. The fourth-order valence-corrected chi connectivity index (χ4v) is 1.81. The molecule has 0 saturated carbocycles. The Balaban J connectivity index is 2.36. The summed E-state index contributed by atoms with van der Waals surface area (Å²) < 4.78 is 39.3. The predicted molar refractivity (Wildman–Crippen MR) is 55.2 cm³/mol. The highest BCUT2D eigenvalue weighted by molar-refractivity contribution is 5.96. The number of nitrogens with zero attached hydrogens (tertiary/aromatic N) is 2. The molecule has 1 aliphatic heterocycles. The standard InChI is InChI=1S/C11H7F3N2O2/c12-7-1-2-8(11(14)10(7)13)16-4-6(15-5-17)3-9(16)18/h1-2,6H,3-4H2. The fourth-order valence-electron chi connectivity index (χ4n) is 1.81. The number of carbonyl (C=O) groups is 1. The summed E-state index contributed by atoms with van der Waals surface area (Å²) in [5.41, 5.74) is -0.359. The first-order valence-electron chi connectivity index (χ1n) is 5.05. The van der Waals surface area contributed by atoms with E-state index in [0.29, 0.717) is 0 Å². The van der Waals surface area contributed by atoms with Crippen LogP contribution >= 0.6 is 0 Å². The van der Waals surface area contributed by atoms with Gasteiger partial charge in [-0.2, -0.15) is 0 Å². The molecule has 0 aliphatic carbocycles. The van der Waals surface area contributed by atoms with Gasteiger partial charge in [0.25, 0.3) is 0 Å². The molecule has 1 aliphatic rings. The number of aliphatic imine (C=N–C) groups is 1. The molecule has 18 heavy (non-hydrogen) atoms. The minimum Gasteiger partial charge on any atom is -0.307 e. The second-order valence-corrected chi connectivity index (χ2v) is 3.78. The average Bonchev–Trinajstić information content (AvgIpc) is 2.68. The van der Waals surface area contributed by atoms with E-state index < -0.39 is 29.4 Å². The van der Waals surface area contributed by atoms with E-state index in [9.17, 15) is 22.8 Å². The van der Waals surface area contributed by atoms with Crippen molar-refractivity contribution in [1.29, 1.82) is 0 Å². The molecule has 94 valence electrons. The Morgan fingerprint density at radius 2 is 2.00 bits per heavy atom. The van der Waals surface area contributed by atoms with Crippen molar-refractivity contribution in [2.75, 3.05) is 11.4 Å². The number of isocyanates is 1. The van der Waals surface area contributed by atoms with Gasteiger partial charge < -0.3 is 4.90 Å². The molecule has 1 heterocycles. The normalized spacial score (nSPS) is 18.9. The van der Waals surface area contributed by atoms with E-state index in [1.165, 1.54) is 6.08 Å². The van der Waals surface area contributed by atoms with Crippen molar-refractivity contribution in [3.8, 4) is 0 Å². The maximum absolute atomic E-state index is 13.5. The third-order valence-electron chi connectivity index (χ3n) is 2.65. The van der Waals surface area contributed by atoms with Gasteiger partial charge in [0.05, 0.1) is 18.2 Å². The van der Waals surface area contributed by atoms with E-state index in [4.69, 9.17) is 0 Å². The number of carbonyl (C=O) groups excluding carboxylic acids is 2. The monoisotopic (exact) mass is 256 g/mol. The average molecular weight is 256 g/mol. The Labute approximate surface area is 99.7 Å². The van der Waals surface area contributed by atoms with E-state index in [2.05, 4.69) is 4.99 Å². The Morgan fingerprint density at radius 3 is 2.67 bits per heavy atom. The SMILES string of the molecule is O=C=NC1CC(=O)N(c2ccc(F)c(F)c2F)C1. The van der Waals surface area contributed by atoms with Crippen LogP contribution in [0.2, 0.25) is 0 Å². The van der Waals surface area contributed by atoms with Gasteiger partial charge in [0.15, 0.2) is 17.5 Å². The van der Waals surface area contributed by atoms with Crippen molar-refractivity contribution in [2.45, 2.75) is 12.5 Å². The van der Waals surface area contributed by atoms with Crippen LogP contribution in [0.3, 0.4) is 0 Å². The van der Waals surface area contributed by atoms with Crippen molar-refractivity contribution in [2.24, 2.45) is 4.99 Å². The van der Waals surface area contributed by atoms with Crippen LogP contribution in [0.15, 0.2) is 17.1 Å². The van der Waals surface area contributed by atoms with Gasteiger partial charge in [0.1, 0.15) is 0 Å². The Morgan fingerprint density at radius 1 is 1.28 bits per heavy atom. The molecule has 1 unspecified atom stereocenters. The zero-order valence-corrected chi connectivity index (χ0v) is 8.99. The van der Waals surface area contributed by atoms with Crippen molar-refractivity contribution < 1.29 is 22.8 Å². The molecular weight excluding hydrogens is 249 g/mol. The molecule has 0 spiro atoms. The van der Waals surface area contributed by atoms with Crippen molar-refractivity contribution in [1.82, 2.24) is 0 Å². The molecule has 0 N–H and O–H groups in total. The summed E-state index contributed by atoms with van der Waals surface area (Å²) in [6, 6.07) is 1.07. The van der Waals surface area contributed by atoms with Crippen LogP contribution in [0.4, 0.5) is 18.9 Å². The zero-order valence-electron chi connectivity index (χ0n) is 8.99. The maximum Gasteiger partial charge on any atom is 0.235 e. The van der Waals surface area contributed by atoms with Gasteiger partial charge in [-0.3, -0.25) is 4.79 Å². The molecule has 2 rings (SSSR count). The van der Waals surface area contributed by atoms with Crippen LogP contribution < -0.4 is 4.90 Å². The molecule has 1 amide bonds. The molecule has 1 aromatic carbocycles. The lowest BCUT2D eigenvalue weighted by molar-refractivity contribution is -0.117. The largest absolute Gasteiger partial charge is 0.307 e. The minimum atomic E-state index is -1.64. The van der Waals surface area contributed by atoms with Gasteiger partial charge in [0, 0.05) is 6.54 Å². The molecule has 1 aromatic rings. The second-order valence-electron chi connectivity index (χ2n) is 3.78.